The number of hydrogen-bond acceptors (Lipinski definition) is 3. The Labute approximate surface area is 101 Å². The molecule has 4 heteroatoms. The summed E-state index contributed by atoms with van der Waals surface area (Å²) < 4.78 is 1.88. The summed E-state index contributed by atoms with van der Waals surface area (Å²) in [5.74, 6) is 0. The molecule has 2 aromatic rings. The van der Waals surface area contributed by atoms with Crippen LogP contribution in [-0.4, -0.2) is 20.8 Å². The molecule has 0 atom stereocenters. The van der Waals surface area contributed by atoms with Crippen LogP contribution in [0.5, 0.6) is 0 Å². The first-order valence-corrected chi connectivity index (χ1v) is 6.05. The first-order chi connectivity index (χ1) is 8.40. The summed E-state index contributed by atoms with van der Waals surface area (Å²) in [7, 11) is 0. The third-order valence-corrected chi connectivity index (χ3v) is 2.94. The molecule has 2 heterocycles. The molecule has 0 spiro atoms. The van der Waals surface area contributed by atoms with Crippen LogP contribution in [0.1, 0.15) is 24.1 Å². The first-order valence-electron chi connectivity index (χ1n) is 6.05. The van der Waals surface area contributed by atoms with Crippen LogP contribution in [0.2, 0.25) is 0 Å². The molecule has 1 fully saturated rings. The van der Waals surface area contributed by atoms with Crippen LogP contribution in [0, 0.1) is 0 Å². The Kier molecular flexibility index (Phi) is 2.88. The van der Waals surface area contributed by atoms with E-state index in [-0.39, 0.29) is 0 Å². The van der Waals surface area contributed by atoms with Gasteiger partial charge in [-0.25, -0.2) is 0 Å². The Bertz CT molecular complexity index is 457. The van der Waals surface area contributed by atoms with Crippen molar-refractivity contribution in [2.75, 3.05) is 0 Å². The van der Waals surface area contributed by atoms with Gasteiger partial charge in [0.1, 0.15) is 0 Å². The fourth-order valence-corrected chi connectivity index (χ4v) is 1.76. The minimum Gasteiger partial charge on any atom is -0.310 e. The molecule has 17 heavy (non-hydrogen) atoms. The number of aromatic nitrogens is 3. The fourth-order valence-electron chi connectivity index (χ4n) is 1.76. The monoisotopic (exact) mass is 228 g/mol. The van der Waals surface area contributed by atoms with Gasteiger partial charge in [0.2, 0.25) is 0 Å². The maximum Gasteiger partial charge on any atom is 0.0831 e. The van der Waals surface area contributed by atoms with Crippen LogP contribution < -0.4 is 5.32 Å². The van der Waals surface area contributed by atoms with Crippen LogP contribution >= 0.6 is 0 Å². The molecular formula is C13H16N4. The number of rotatable bonds is 5. The van der Waals surface area contributed by atoms with Crippen molar-refractivity contribution in [1.29, 1.82) is 0 Å². The van der Waals surface area contributed by atoms with Gasteiger partial charge in [-0.3, -0.25) is 9.67 Å². The zero-order chi connectivity index (χ0) is 11.5. The van der Waals surface area contributed by atoms with E-state index in [4.69, 9.17) is 0 Å². The Balaban J connectivity index is 1.58. The van der Waals surface area contributed by atoms with Gasteiger partial charge in [-0.15, -0.1) is 0 Å². The molecule has 1 aliphatic rings. The minimum atomic E-state index is 0.739. The molecule has 1 saturated carbocycles. The molecule has 1 aliphatic carbocycles. The highest BCUT2D eigenvalue weighted by Gasteiger charge is 2.19. The van der Waals surface area contributed by atoms with E-state index in [2.05, 4.69) is 27.5 Å². The van der Waals surface area contributed by atoms with Crippen molar-refractivity contribution in [3.63, 3.8) is 0 Å². The highest BCUT2D eigenvalue weighted by molar-refractivity contribution is 5.14. The maximum absolute atomic E-state index is 4.45. The van der Waals surface area contributed by atoms with Crippen LogP contribution in [-0.2, 0) is 13.1 Å². The summed E-state index contributed by atoms with van der Waals surface area (Å²) in [5, 5.41) is 7.65. The van der Waals surface area contributed by atoms with Crippen molar-refractivity contribution in [3.8, 4) is 0 Å². The van der Waals surface area contributed by atoms with Crippen LogP contribution in [0.15, 0.2) is 36.8 Å². The van der Waals surface area contributed by atoms with Crippen LogP contribution in [0.3, 0.4) is 0 Å². The van der Waals surface area contributed by atoms with E-state index >= 15 is 0 Å². The second-order valence-corrected chi connectivity index (χ2v) is 4.52. The standard InChI is InChI=1S/C13H16N4/c1-6-16-17(7-1)10-13-3-2-11(9-15-13)8-14-12-4-5-12/h1-3,6-7,9,12,14H,4-5,8,10H2. The summed E-state index contributed by atoms with van der Waals surface area (Å²) in [5.41, 5.74) is 2.30. The molecule has 3 rings (SSSR count). The quantitative estimate of drug-likeness (QED) is 0.845. The Morgan fingerprint density at radius 1 is 1.35 bits per heavy atom. The second kappa shape index (κ2) is 4.67. The molecule has 1 N–H and O–H groups in total. The van der Waals surface area contributed by atoms with Crippen molar-refractivity contribution in [3.05, 3.63) is 48.0 Å². The van der Waals surface area contributed by atoms with E-state index < -0.39 is 0 Å². The van der Waals surface area contributed by atoms with Crippen molar-refractivity contribution in [2.45, 2.75) is 32.0 Å². The second-order valence-electron chi connectivity index (χ2n) is 4.52. The van der Waals surface area contributed by atoms with E-state index in [9.17, 15) is 0 Å². The average molecular weight is 228 g/mol. The van der Waals surface area contributed by atoms with E-state index in [0.717, 1.165) is 24.8 Å². The van der Waals surface area contributed by atoms with E-state index in [1.165, 1.54) is 18.4 Å². The van der Waals surface area contributed by atoms with Crippen molar-refractivity contribution in [2.24, 2.45) is 0 Å². The molecule has 88 valence electrons. The van der Waals surface area contributed by atoms with Crippen molar-refractivity contribution < 1.29 is 0 Å². The summed E-state index contributed by atoms with van der Waals surface area (Å²) in [6, 6.07) is 6.89. The summed E-state index contributed by atoms with van der Waals surface area (Å²) >= 11 is 0. The molecule has 4 nitrogen and oxygen atoms in total. The molecule has 2 aromatic heterocycles. The molecule has 0 bridgehead atoms. The molecule has 0 unspecified atom stereocenters. The zero-order valence-corrected chi connectivity index (χ0v) is 9.71. The summed E-state index contributed by atoms with van der Waals surface area (Å²) in [4.78, 5) is 4.45. The molecule has 0 aromatic carbocycles. The highest BCUT2D eigenvalue weighted by atomic mass is 15.3. The third kappa shape index (κ3) is 2.91. The normalized spacial score (nSPS) is 15.1. The van der Waals surface area contributed by atoms with E-state index in [1.54, 1.807) is 6.20 Å². The Morgan fingerprint density at radius 2 is 2.29 bits per heavy atom. The predicted molar refractivity (Wildman–Crippen MR) is 65.4 cm³/mol. The summed E-state index contributed by atoms with van der Waals surface area (Å²) in [6.45, 7) is 1.67. The molecular weight excluding hydrogens is 212 g/mol. The van der Waals surface area contributed by atoms with Gasteiger partial charge < -0.3 is 5.32 Å². The third-order valence-electron chi connectivity index (χ3n) is 2.94. The number of hydrogen-bond donors (Lipinski definition) is 1. The molecule has 0 aliphatic heterocycles. The lowest BCUT2D eigenvalue weighted by Gasteiger charge is -2.04. The zero-order valence-electron chi connectivity index (χ0n) is 9.71. The summed E-state index contributed by atoms with van der Waals surface area (Å²) in [6.07, 6.45) is 8.34. The van der Waals surface area contributed by atoms with Gasteiger partial charge in [0, 0.05) is 31.2 Å². The maximum atomic E-state index is 4.45. The topological polar surface area (TPSA) is 42.7 Å². The first kappa shape index (κ1) is 10.5. The molecule has 0 radical (unpaired) electrons. The number of pyridine rings is 1. The fraction of sp³-hybridized carbons (Fsp3) is 0.385. The van der Waals surface area contributed by atoms with Crippen LogP contribution in [0.25, 0.3) is 0 Å². The lowest BCUT2D eigenvalue weighted by Crippen LogP contribution is -2.15. The van der Waals surface area contributed by atoms with Gasteiger partial charge in [-0.2, -0.15) is 5.10 Å². The molecule has 0 saturated heterocycles. The Morgan fingerprint density at radius 3 is 2.94 bits per heavy atom. The van der Waals surface area contributed by atoms with Gasteiger partial charge in [-0.05, 0) is 30.5 Å². The predicted octanol–water partition coefficient (Wildman–Crippen LogP) is 1.58. The lowest BCUT2D eigenvalue weighted by atomic mass is 10.2. The van der Waals surface area contributed by atoms with Gasteiger partial charge in [0.15, 0.2) is 0 Å². The van der Waals surface area contributed by atoms with E-state index in [0.29, 0.717) is 0 Å². The van der Waals surface area contributed by atoms with Gasteiger partial charge in [0.25, 0.3) is 0 Å². The smallest absolute Gasteiger partial charge is 0.0831 e. The molecule has 0 amide bonds. The van der Waals surface area contributed by atoms with Crippen molar-refractivity contribution >= 4 is 0 Å². The highest BCUT2D eigenvalue weighted by Crippen LogP contribution is 2.19. The van der Waals surface area contributed by atoms with Gasteiger partial charge in [-0.1, -0.05) is 6.07 Å². The van der Waals surface area contributed by atoms with E-state index in [1.807, 2.05) is 23.1 Å². The van der Waals surface area contributed by atoms with Crippen LogP contribution in [0.4, 0.5) is 0 Å². The number of nitrogens with zero attached hydrogens (tertiary/aromatic N) is 3. The Hall–Kier alpha value is -1.68. The van der Waals surface area contributed by atoms with Gasteiger partial charge >= 0.3 is 0 Å². The van der Waals surface area contributed by atoms with Crippen molar-refractivity contribution in [1.82, 2.24) is 20.1 Å². The van der Waals surface area contributed by atoms with Gasteiger partial charge in [0.05, 0.1) is 12.2 Å². The SMILES string of the molecule is c1cnn(Cc2ccc(CNC3CC3)cn2)c1. The minimum absolute atomic E-state index is 0.739. The number of nitrogens with one attached hydrogen (secondary N) is 1. The lowest BCUT2D eigenvalue weighted by molar-refractivity contribution is 0.665. The largest absolute Gasteiger partial charge is 0.310 e. The average Bonchev–Trinajstić information content (AvgIpc) is 3.05.